The van der Waals surface area contributed by atoms with Gasteiger partial charge in [0.1, 0.15) is 25.7 Å². The van der Waals surface area contributed by atoms with Gasteiger partial charge in [0.05, 0.1) is 11.1 Å². The minimum Gasteiger partial charge on any atom is -0.463 e. The molecule has 0 aliphatic carbocycles. The summed E-state index contributed by atoms with van der Waals surface area (Å²) < 4.78 is 20.6. The van der Waals surface area contributed by atoms with Crippen LogP contribution in [0.2, 0.25) is 0 Å². The first kappa shape index (κ1) is 19.2. The van der Waals surface area contributed by atoms with Gasteiger partial charge in [0.25, 0.3) is 11.8 Å². The summed E-state index contributed by atoms with van der Waals surface area (Å²) in [6, 6.07) is 6.14. The average molecular weight is 373 g/mol. The lowest BCUT2D eigenvalue weighted by Gasteiger charge is -2.20. The molecule has 0 radical (unpaired) electrons. The zero-order valence-corrected chi connectivity index (χ0v) is 14.0. The van der Waals surface area contributed by atoms with Crippen LogP contribution >= 0.6 is 7.60 Å². The Labute approximate surface area is 142 Å². The van der Waals surface area contributed by atoms with E-state index in [0.717, 1.165) is 6.92 Å². The fourth-order valence-corrected chi connectivity index (χ4v) is 2.40. The van der Waals surface area contributed by atoms with Crippen molar-refractivity contribution in [2.75, 3.05) is 19.6 Å². The van der Waals surface area contributed by atoms with Gasteiger partial charge in [-0.15, -0.1) is 5.06 Å². The molecule has 2 amide bonds. The number of hydrogen-bond acceptors (Lipinski definition) is 7. The molecule has 0 spiro atoms. The van der Waals surface area contributed by atoms with Crippen LogP contribution in [0.4, 0.5) is 0 Å². The van der Waals surface area contributed by atoms with Crippen LogP contribution in [0.25, 0.3) is 0 Å². The van der Waals surface area contributed by atoms with Crippen LogP contribution in [0, 0.1) is 0 Å². The number of hydroxylamine groups is 2. The third-order valence-electron chi connectivity index (χ3n) is 3.10. The van der Waals surface area contributed by atoms with Crippen LogP contribution < -0.4 is 0 Å². The van der Waals surface area contributed by atoms with Gasteiger partial charge in [-0.3, -0.25) is 23.8 Å². The Hall–Kier alpha value is -2.10. The number of ether oxygens (including phenoxy) is 2. The van der Waals surface area contributed by atoms with E-state index in [1.165, 1.54) is 12.1 Å². The maximum absolute atomic E-state index is 12.1. The summed E-state index contributed by atoms with van der Waals surface area (Å²) in [7, 11) is -4.45. The van der Waals surface area contributed by atoms with Crippen molar-refractivity contribution in [1.82, 2.24) is 5.06 Å². The second-order valence-corrected chi connectivity index (χ2v) is 6.72. The van der Waals surface area contributed by atoms with E-state index in [2.05, 4.69) is 0 Å². The maximum Gasteiger partial charge on any atom is 0.350 e. The van der Waals surface area contributed by atoms with E-state index in [1.807, 2.05) is 0 Å². The maximum atomic E-state index is 12.1. The van der Waals surface area contributed by atoms with Crippen LogP contribution in [0.3, 0.4) is 0 Å². The van der Waals surface area contributed by atoms with Crippen molar-refractivity contribution < 1.29 is 43.0 Å². The SMILES string of the molecule is CC(=O)OCC(CON1C(=O)c2ccccc2C1=O)OCP(=O)(O)O. The molecule has 0 bridgehead atoms. The molecule has 1 heterocycles. The number of benzene rings is 1. The molecular weight excluding hydrogens is 357 g/mol. The summed E-state index contributed by atoms with van der Waals surface area (Å²) in [6.45, 7) is 0.350. The number of carbonyl (C=O) groups is 3. The molecule has 25 heavy (non-hydrogen) atoms. The van der Waals surface area contributed by atoms with Crippen molar-refractivity contribution in [2.45, 2.75) is 13.0 Å². The third kappa shape index (κ3) is 5.18. The van der Waals surface area contributed by atoms with Crippen molar-refractivity contribution in [2.24, 2.45) is 0 Å². The highest BCUT2D eigenvalue weighted by molar-refractivity contribution is 7.51. The van der Waals surface area contributed by atoms with Gasteiger partial charge >= 0.3 is 13.6 Å². The molecule has 1 aromatic rings. The Morgan fingerprint density at radius 2 is 1.72 bits per heavy atom. The van der Waals surface area contributed by atoms with Crippen LogP contribution in [-0.2, 0) is 23.7 Å². The lowest BCUT2D eigenvalue weighted by molar-refractivity contribution is -0.155. The van der Waals surface area contributed by atoms with Crippen molar-refractivity contribution in [3.63, 3.8) is 0 Å². The molecular formula is C14H16NO9P. The second-order valence-electron chi connectivity index (χ2n) is 5.13. The number of fused-ring (bicyclic) bond motifs is 1. The molecule has 10 nitrogen and oxygen atoms in total. The Morgan fingerprint density at radius 3 is 2.20 bits per heavy atom. The van der Waals surface area contributed by atoms with Crippen molar-refractivity contribution in [3.05, 3.63) is 35.4 Å². The lowest BCUT2D eigenvalue weighted by atomic mass is 10.1. The quantitative estimate of drug-likeness (QED) is 0.374. The molecule has 0 aromatic heterocycles. The number of esters is 1. The van der Waals surface area contributed by atoms with Crippen LogP contribution in [-0.4, -0.2) is 58.3 Å². The van der Waals surface area contributed by atoms with Gasteiger partial charge in [-0.25, -0.2) is 0 Å². The molecule has 1 aliphatic heterocycles. The fourth-order valence-electron chi connectivity index (χ4n) is 2.00. The van der Waals surface area contributed by atoms with E-state index < -0.39 is 44.4 Å². The van der Waals surface area contributed by atoms with Crippen LogP contribution in [0.5, 0.6) is 0 Å². The first-order valence-corrected chi connectivity index (χ1v) is 8.89. The number of hydrogen-bond donors (Lipinski definition) is 2. The van der Waals surface area contributed by atoms with Crippen LogP contribution in [0.15, 0.2) is 24.3 Å². The molecule has 1 atom stereocenters. The van der Waals surface area contributed by atoms with Gasteiger partial charge in [-0.05, 0) is 12.1 Å². The minimum absolute atomic E-state index is 0.181. The largest absolute Gasteiger partial charge is 0.463 e. The molecule has 0 saturated heterocycles. The van der Waals surface area contributed by atoms with E-state index in [0.29, 0.717) is 5.06 Å². The van der Waals surface area contributed by atoms with Gasteiger partial charge in [-0.2, -0.15) is 0 Å². The standard InChI is InChI=1S/C14H16NO9P/c1-9(16)22-6-10(23-8-25(19,20)21)7-24-15-13(17)11-4-2-3-5-12(11)14(15)18/h2-5,10H,6-8H2,1H3,(H2,19,20,21). The summed E-state index contributed by atoms with van der Waals surface area (Å²) in [5.41, 5.74) is 0.361. The van der Waals surface area contributed by atoms with E-state index in [-0.39, 0.29) is 17.7 Å². The molecule has 136 valence electrons. The third-order valence-corrected chi connectivity index (χ3v) is 3.58. The fraction of sp³-hybridized carbons (Fsp3) is 0.357. The zero-order valence-electron chi connectivity index (χ0n) is 13.2. The van der Waals surface area contributed by atoms with Crippen molar-refractivity contribution in [1.29, 1.82) is 0 Å². The average Bonchev–Trinajstić information content (AvgIpc) is 2.78. The van der Waals surface area contributed by atoms with E-state index in [4.69, 9.17) is 24.1 Å². The number of nitrogens with zero attached hydrogens (tertiary/aromatic N) is 1. The van der Waals surface area contributed by atoms with Crippen molar-refractivity contribution >= 4 is 25.4 Å². The predicted molar refractivity (Wildman–Crippen MR) is 81.3 cm³/mol. The second kappa shape index (κ2) is 7.85. The van der Waals surface area contributed by atoms with Crippen molar-refractivity contribution in [3.8, 4) is 0 Å². The molecule has 0 saturated carbocycles. The lowest BCUT2D eigenvalue weighted by Crippen LogP contribution is -2.36. The molecule has 1 unspecified atom stereocenters. The van der Waals surface area contributed by atoms with Gasteiger partial charge in [0.2, 0.25) is 0 Å². The summed E-state index contributed by atoms with van der Waals surface area (Å²) in [5.74, 6) is -1.96. The number of imide groups is 1. The van der Waals surface area contributed by atoms with Gasteiger partial charge in [-0.1, -0.05) is 12.1 Å². The van der Waals surface area contributed by atoms with Crippen LogP contribution in [0.1, 0.15) is 27.6 Å². The summed E-state index contributed by atoms with van der Waals surface area (Å²) in [5, 5.41) is 0.534. The molecule has 0 fully saturated rings. The zero-order chi connectivity index (χ0) is 18.6. The summed E-state index contributed by atoms with van der Waals surface area (Å²) >= 11 is 0. The summed E-state index contributed by atoms with van der Waals surface area (Å²) in [4.78, 5) is 58.0. The highest BCUT2D eigenvalue weighted by Crippen LogP contribution is 2.34. The van der Waals surface area contributed by atoms with Gasteiger partial charge in [0, 0.05) is 6.92 Å². The molecule has 2 rings (SSSR count). The summed E-state index contributed by atoms with van der Waals surface area (Å²) in [6.07, 6.45) is -2.01. The monoisotopic (exact) mass is 373 g/mol. The van der Waals surface area contributed by atoms with Gasteiger partial charge < -0.3 is 19.3 Å². The van der Waals surface area contributed by atoms with E-state index in [9.17, 15) is 18.9 Å². The molecule has 1 aromatic carbocycles. The Morgan fingerprint density at radius 1 is 1.16 bits per heavy atom. The Bertz CT molecular complexity index is 694. The number of carbonyl (C=O) groups excluding carboxylic acids is 3. The highest BCUT2D eigenvalue weighted by Gasteiger charge is 2.37. The first-order valence-electron chi connectivity index (χ1n) is 7.09. The molecule has 11 heteroatoms. The van der Waals surface area contributed by atoms with E-state index in [1.54, 1.807) is 12.1 Å². The molecule has 2 N–H and O–H groups in total. The number of rotatable bonds is 8. The Kier molecular flexibility index (Phi) is 6.04. The topological polar surface area (TPSA) is 140 Å². The highest BCUT2D eigenvalue weighted by atomic mass is 31.2. The minimum atomic E-state index is -4.45. The Balaban J connectivity index is 1.99. The number of amides is 2. The molecule has 1 aliphatic rings. The predicted octanol–water partition coefficient (Wildman–Crippen LogP) is 0.298. The first-order chi connectivity index (χ1) is 11.7. The van der Waals surface area contributed by atoms with Gasteiger partial charge in [0.15, 0.2) is 0 Å². The smallest absolute Gasteiger partial charge is 0.350 e. The van der Waals surface area contributed by atoms with E-state index >= 15 is 0 Å². The normalized spacial score (nSPS) is 15.2.